The Morgan fingerprint density at radius 1 is 1.59 bits per heavy atom. The molecule has 0 saturated heterocycles. The van der Waals surface area contributed by atoms with Crippen LogP contribution in [0, 0.1) is 17.1 Å². The van der Waals surface area contributed by atoms with Crippen LogP contribution >= 0.6 is 15.9 Å². The number of hydrogen-bond donors (Lipinski definition) is 0. The number of halogens is 2. The van der Waals surface area contributed by atoms with Crippen molar-refractivity contribution in [2.75, 3.05) is 13.1 Å². The largest absolute Gasteiger partial charge is 0.325 e. The maximum atomic E-state index is 13.7. The summed E-state index contributed by atoms with van der Waals surface area (Å²) >= 11 is 3.03. The van der Waals surface area contributed by atoms with E-state index in [1.165, 1.54) is 17.0 Å². The van der Waals surface area contributed by atoms with E-state index in [1.807, 2.05) is 13.0 Å². The Hall–Kier alpha value is -1.41. The molecule has 1 aromatic rings. The van der Waals surface area contributed by atoms with Crippen LogP contribution in [0.3, 0.4) is 0 Å². The van der Waals surface area contributed by atoms with Gasteiger partial charge in [0, 0.05) is 6.54 Å². The first-order chi connectivity index (χ1) is 8.11. The molecule has 0 aliphatic rings. The molecule has 17 heavy (non-hydrogen) atoms. The maximum Gasteiger partial charge on any atom is 0.257 e. The zero-order chi connectivity index (χ0) is 12.8. The standard InChI is InChI=1S/C12H12BrFN2O/c1-2-7-16(8-6-15)12(17)9-4-3-5-10(13)11(9)14/h3-5H,2,7-8H2,1H3. The summed E-state index contributed by atoms with van der Waals surface area (Å²) in [5.41, 5.74) is -0.0110. The number of carbonyl (C=O) groups excluding carboxylic acids is 1. The quantitative estimate of drug-likeness (QED) is 0.802. The highest BCUT2D eigenvalue weighted by molar-refractivity contribution is 9.10. The van der Waals surface area contributed by atoms with Gasteiger partial charge in [-0.25, -0.2) is 4.39 Å². The summed E-state index contributed by atoms with van der Waals surface area (Å²) in [6.07, 6.45) is 0.725. The molecular formula is C12H12BrFN2O. The minimum Gasteiger partial charge on any atom is -0.325 e. The van der Waals surface area contributed by atoms with E-state index in [4.69, 9.17) is 5.26 Å². The van der Waals surface area contributed by atoms with Crippen molar-refractivity contribution < 1.29 is 9.18 Å². The molecule has 0 N–H and O–H groups in total. The molecule has 0 fully saturated rings. The van der Waals surface area contributed by atoms with Crippen LogP contribution < -0.4 is 0 Å². The first-order valence-electron chi connectivity index (χ1n) is 5.22. The van der Waals surface area contributed by atoms with Gasteiger partial charge in [0.15, 0.2) is 0 Å². The van der Waals surface area contributed by atoms with E-state index in [1.54, 1.807) is 6.07 Å². The number of nitriles is 1. The highest BCUT2D eigenvalue weighted by Gasteiger charge is 2.19. The summed E-state index contributed by atoms with van der Waals surface area (Å²) < 4.78 is 14.0. The molecule has 0 unspecified atom stereocenters. The smallest absolute Gasteiger partial charge is 0.257 e. The summed E-state index contributed by atoms with van der Waals surface area (Å²) in [4.78, 5) is 13.3. The lowest BCUT2D eigenvalue weighted by molar-refractivity contribution is 0.0771. The molecule has 1 amide bonds. The van der Waals surface area contributed by atoms with Crippen LogP contribution in [0.2, 0.25) is 0 Å². The van der Waals surface area contributed by atoms with Gasteiger partial charge < -0.3 is 4.90 Å². The zero-order valence-electron chi connectivity index (χ0n) is 9.41. The molecule has 90 valence electrons. The average molecular weight is 299 g/mol. The summed E-state index contributed by atoms with van der Waals surface area (Å²) in [7, 11) is 0. The van der Waals surface area contributed by atoms with Crippen molar-refractivity contribution in [1.82, 2.24) is 4.90 Å². The zero-order valence-corrected chi connectivity index (χ0v) is 11.0. The van der Waals surface area contributed by atoms with E-state index in [2.05, 4.69) is 15.9 Å². The third-order valence-electron chi connectivity index (χ3n) is 2.22. The Labute approximate surface area is 108 Å². The van der Waals surface area contributed by atoms with Gasteiger partial charge in [0.2, 0.25) is 0 Å². The van der Waals surface area contributed by atoms with Gasteiger partial charge >= 0.3 is 0 Å². The van der Waals surface area contributed by atoms with Gasteiger partial charge in [-0.1, -0.05) is 13.0 Å². The topological polar surface area (TPSA) is 44.1 Å². The normalized spacial score (nSPS) is 9.76. The molecule has 5 heteroatoms. The Morgan fingerprint density at radius 3 is 2.88 bits per heavy atom. The van der Waals surface area contributed by atoms with Gasteiger partial charge in [0.25, 0.3) is 5.91 Å². The molecule has 1 aromatic carbocycles. The summed E-state index contributed by atoms with van der Waals surface area (Å²) in [5.74, 6) is -1.04. The fraction of sp³-hybridized carbons (Fsp3) is 0.333. The summed E-state index contributed by atoms with van der Waals surface area (Å²) in [6, 6.07) is 6.45. The molecular weight excluding hydrogens is 287 g/mol. The molecule has 0 bridgehead atoms. The lowest BCUT2D eigenvalue weighted by Gasteiger charge is -2.19. The number of benzene rings is 1. The summed E-state index contributed by atoms with van der Waals surface area (Å²) in [5, 5.41) is 8.64. The lowest BCUT2D eigenvalue weighted by atomic mass is 10.2. The van der Waals surface area contributed by atoms with Gasteiger partial charge in [0.05, 0.1) is 16.1 Å². The Bertz CT molecular complexity index is 456. The van der Waals surface area contributed by atoms with E-state index in [-0.39, 0.29) is 16.6 Å². The molecule has 0 spiro atoms. The number of carbonyl (C=O) groups is 1. The predicted molar refractivity (Wildman–Crippen MR) is 65.9 cm³/mol. The Kier molecular flexibility index (Phi) is 5.11. The highest BCUT2D eigenvalue weighted by atomic mass is 79.9. The number of hydrogen-bond acceptors (Lipinski definition) is 2. The molecule has 0 radical (unpaired) electrons. The van der Waals surface area contributed by atoms with Crippen LogP contribution in [0.15, 0.2) is 22.7 Å². The fourth-order valence-corrected chi connectivity index (χ4v) is 1.81. The molecule has 3 nitrogen and oxygen atoms in total. The Balaban J connectivity index is 3.01. The van der Waals surface area contributed by atoms with Crippen molar-refractivity contribution in [2.45, 2.75) is 13.3 Å². The van der Waals surface area contributed by atoms with E-state index >= 15 is 0 Å². The van der Waals surface area contributed by atoms with Crippen LogP contribution in [0.25, 0.3) is 0 Å². The predicted octanol–water partition coefficient (Wildman–Crippen LogP) is 2.96. The van der Waals surface area contributed by atoms with Crippen LogP contribution in [0.4, 0.5) is 4.39 Å². The molecule has 0 aliphatic carbocycles. The van der Waals surface area contributed by atoms with Crippen LogP contribution in [-0.4, -0.2) is 23.9 Å². The number of nitrogens with zero attached hydrogens (tertiary/aromatic N) is 2. The van der Waals surface area contributed by atoms with Gasteiger partial charge in [-0.2, -0.15) is 5.26 Å². The van der Waals surface area contributed by atoms with Gasteiger partial charge in [0.1, 0.15) is 12.4 Å². The maximum absolute atomic E-state index is 13.7. The minimum atomic E-state index is -0.587. The first-order valence-corrected chi connectivity index (χ1v) is 6.01. The SMILES string of the molecule is CCCN(CC#N)C(=O)c1cccc(Br)c1F. The van der Waals surface area contributed by atoms with Gasteiger partial charge in [-0.3, -0.25) is 4.79 Å². The van der Waals surface area contributed by atoms with Crippen molar-refractivity contribution in [3.8, 4) is 6.07 Å². The Morgan fingerprint density at radius 2 is 2.29 bits per heavy atom. The van der Waals surface area contributed by atoms with Crippen molar-refractivity contribution in [3.05, 3.63) is 34.1 Å². The highest BCUT2D eigenvalue weighted by Crippen LogP contribution is 2.19. The van der Waals surface area contributed by atoms with Crippen molar-refractivity contribution in [3.63, 3.8) is 0 Å². The number of rotatable bonds is 4. The van der Waals surface area contributed by atoms with Gasteiger partial charge in [-0.05, 0) is 34.5 Å². The van der Waals surface area contributed by atoms with Gasteiger partial charge in [-0.15, -0.1) is 0 Å². The fourth-order valence-electron chi connectivity index (χ4n) is 1.45. The lowest BCUT2D eigenvalue weighted by Crippen LogP contribution is -2.32. The van der Waals surface area contributed by atoms with Crippen molar-refractivity contribution >= 4 is 21.8 Å². The van der Waals surface area contributed by atoms with Crippen LogP contribution in [0.1, 0.15) is 23.7 Å². The molecule has 0 saturated carbocycles. The van der Waals surface area contributed by atoms with E-state index in [0.717, 1.165) is 6.42 Å². The second-order valence-electron chi connectivity index (χ2n) is 3.49. The average Bonchev–Trinajstić information content (AvgIpc) is 2.31. The van der Waals surface area contributed by atoms with E-state index in [9.17, 15) is 9.18 Å². The third kappa shape index (κ3) is 3.27. The molecule has 0 aliphatic heterocycles. The first kappa shape index (κ1) is 13.7. The molecule has 1 rings (SSSR count). The van der Waals surface area contributed by atoms with Crippen LogP contribution in [0.5, 0.6) is 0 Å². The van der Waals surface area contributed by atoms with Crippen molar-refractivity contribution in [2.24, 2.45) is 0 Å². The third-order valence-corrected chi connectivity index (χ3v) is 2.84. The monoisotopic (exact) mass is 298 g/mol. The second-order valence-corrected chi connectivity index (χ2v) is 4.34. The number of amides is 1. The van der Waals surface area contributed by atoms with E-state index < -0.39 is 11.7 Å². The minimum absolute atomic E-state index is 0.0110. The second kappa shape index (κ2) is 6.36. The summed E-state index contributed by atoms with van der Waals surface area (Å²) in [6.45, 7) is 2.31. The van der Waals surface area contributed by atoms with Crippen molar-refractivity contribution in [1.29, 1.82) is 5.26 Å². The molecule has 0 aromatic heterocycles. The van der Waals surface area contributed by atoms with Crippen LogP contribution in [-0.2, 0) is 0 Å². The molecule has 0 atom stereocenters. The molecule has 0 heterocycles. The van der Waals surface area contributed by atoms with E-state index in [0.29, 0.717) is 6.54 Å².